The van der Waals surface area contributed by atoms with Crippen molar-refractivity contribution in [1.82, 2.24) is 4.98 Å². The molecule has 0 bridgehead atoms. The molecule has 1 aliphatic heterocycles. The predicted molar refractivity (Wildman–Crippen MR) is 114 cm³/mol. The average molecular weight is 452 g/mol. The lowest BCUT2D eigenvalue weighted by Crippen LogP contribution is -2.28. The first kappa shape index (κ1) is 20.9. The highest BCUT2D eigenvalue weighted by atomic mass is 19.3. The summed E-state index contributed by atoms with van der Waals surface area (Å²) in [6, 6.07) is 13.9. The molecule has 33 heavy (non-hydrogen) atoms. The number of anilines is 2. The van der Waals surface area contributed by atoms with Gasteiger partial charge in [-0.3, -0.25) is 9.69 Å². The molecule has 0 unspecified atom stereocenters. The molecule has 1 N–H and O–H groups in total. The minimum atomic E-state index is -3.77. The lowest BCUT2D eigenvalue weighted by Gasteiger charge is -2.23. The number of aryl methyl sites for hydroxylation is 1. The smallest absolute Gasteiger partial charge is 0.478 e. The van der Waals surface area contributed by atoms with Crippen molar-refractivity contribution in [2.75, 3.05) is 4.90 Å². The number of fused-ring (bicyclic) bond motifs is 1. The molecule has 0 atom stereocenters. The minimum absolute atomic E-state index is 0.113. The van der Waals surface area contributed by atoms with Gasteiger partial charge in [0.1, 0.15) is 5.82 Å². The first-order valence-electron chi connectivity index (χ1n) is 10.3. The second-order valence-electron chi connectivity index (χ2n) is 7.97. The predicted octanol–water partition coefficient (Wildman–Crippen LogP) is 5.15. The zero-order valence-corrected chi connectivity index (χ0v) is 17.4. The number of halogens is 2. The number of carbonyl (C=O) groups is 2. The van der Waals surface area contributed by atoms with Gasteiger partial charge in [-0.05, 0) is 55.7 Å². The van der Waals surface area contributed by atoms with Gasteiger partial charge in [-0.2, -0.15) is 0 Å². The van der Waals surface area contributed by atoms with E-state index in [0.29, 0.717) is 22.8 Å². The number of pyridine rings is 1. The Morgan fingerprint density at radius 2 is 1.82 bits per heavy atom. The first-order chi connectivity index (χ1) is 15.7. The molecule has 1 fully saturated rings. The number of ether oxygens (including phenoxy) is 2. The van der Waals surface area contributed by atoms with Crippen LogP contribution in [0.25, 0.3) is 11.3 Å². The van der Waals surface area contributed by atoms with E-state index in [1.165, 1.54) is 35.2 Å². The maximum atomic E-state index is 13.5. The third-order valence-electron chi connectivity index (χ3n) is 5.48. The molecule has 9 heteroatoms. The molecule has 1 aromatic heterocycles. The van der Waals surface area contributed by atoms with Crippen molar-refractivity contribution in [1.29, 1.82) is 0 Å². The summed E-state index contributed by atoms with van der Waals surface area (Å²) in [6.07, 6.45) is -2.30. The quantitative estimate of drug-likeness (QED) is 0.576. The molecule has 1 saturated carbocycles. The van der Waals surface area contributed by atoms with Crippen LogP contribution in [0.15, 0.2) is 54.6 Å². The van der Waals surface area contributed by atoms with Crippen molar-refractivity contribution in [2.45, 2.75) is 26.1 Å². The maximum absolute atomic E-state index is 13.5. The zero-order valence-electron chi connectivity index (χ0n) is 17.4. The third kappa shape index (κ3) is 3.97. The highest BCUT2D eigenvalue weighted by Crippen LogP contribution is 2.45. The zero-order chi connectivity index (χ0) is 23.3. The number of carboxylic acids is 1. The third-order valence-corrected chi connectivity index (χ3v) is 5.48. The fraction of sp³-hybridized carbons (Fsp3) is 0.208. The van der Waals surface area contributed by atoms with E-state index in [-0.39, 0.29) is 28.9 Å². The topological polar surface area (TPSA) is 89.0 Å². The van der Waals surface area contributed by atoms with E-state index < -0.39 is 12.3 Å². The average Bonchev–Trinajstić information content (AvgIpc) is 3.57. The van der Waals surface area contributed by atoms with Gasteiger partial charge in [0.25, 0.3) is 0 Å². The summed E-state index contributed by atoms with van der Waals surface area (Å²) in [4.78, 5) is 30.6. The van der Waals surface area contributed by atoms with E-state index in [9.17, 15) is 23.5 Å². The van der Waals surface area contributed by atoms with E-state index in [1.54, 1.807) is 24.3 Å². The molecule has 168 valence electrons. The number of aromatic carboxylic acids is 1. The van der Waals surface area contributed by atoms with E-state index in [2.05, 4.69) is 14.5 Å². The number of carbonyl (C=O) groups excluding carboxylic acids is 1. The Balaban J connectivity index is 1.59. The van der Waals surface area contributed by atoms with Crippen molar-refractivity contribution in [3.8, 4) is 22.8 Å². The van der Waals surface area contributed by atoms with Crippen LogP contribution in [0.1, 0.15) is 28.8 Å². The van der Waals surface area contributed by atoms with Crippen LogP contribution in [0.4, 0.5) is 20.3 Å². The van der Waals surface area contributed by atoms with Crippen LogP contribution in [0.2, 0.25) is 0 Å². The van der Waals surface area contributed by atoms with Gasteiger partial charge in [0.05, 0.1) is 16.9 Å². The van der Waals surface area contributed by atoms with Crippen molar-refractivity contribution < 1.29 is 33.0 Å². The van der Waals surface area contributed by atoms with Gasteiger partial charge >= 0.3 is 12.3 Å². The molecular formula is C24H18F2N2O5. The van der Waals surface area contributed by atoms with Crippen LogP contribution in [-0.2, 0) is 4.79 Å². The van der Waals surface area contributed by atoms with E-state index in [4.69, 9.17) is 0 Å². The van der Waals surface area contributed by atoms with Gasteiger partial charge in [0.15, 0.2) is 11.5 Å². The molecule has 2 aliphatic rings. The molecular weight excluding hydrogens is 434 g/mol. The van der Waals surface area contributed by atoms with Crippen LogP contribution < -0.4 is 14.4 Å². The number of benzene rings is 2. The highest BCUT2D eigenvalue weighted by molar-refractivity contribution is 6.02. The van der Waals surface area contributed by atoms with Gasteiger partial charge in [0, 0.05) is 17.5 Å². The van der Waals surface area contributed by atoms with Crippen molar-refractivity contribution >= 4 is 23.4 Å². The Labute approximate surface area is 187 Å². The van der Waals surface area contributed by atoms with Gasteiger partial charge in [-0.15, -0.1) is 8.78 Å². The number of alkyl halides is 2. The van der Waals surface area contributed by atoms with Gasteiger partial charge in [-0.1, -0.05) is 18.2 Å². The molecule has 5 rings (SSSR count). The Hall–Kier alpha value is -4.01. The summed E-state index contributed by atoms with van der Waals surface area (Å²) in [6.45, 7) is 1.83. The summed E-state index contributed by atoms with van der Waals surface area (Å²) < 4.78 is 36.0. The number of aromatic nitrogens is 1. The molecule has 0 spiro atoms. The fourth-order valence-corrected chi connectivity index (χ4v) is 3.70. The first-order valence-corrected chi connectivity index (χ1v) is 10.3. The van der Waals surface area contributed by atoms with Crippen LogP contribution in [0.5, 0.6) is 11.5 Å². The van der Waals surface area contributed by atoms with Crippen molar-refractivity contribution in [2.24, 2.45) is 5.92 Å². The summed E-state index contributed by atoms with van der Waals surface area (Å²) in [5.74, 6) is -1.45. The SMILES string of the molecule is Cc1ccc(N(C(=O)C2CC2)c2ccc3c(c2)OC(F)(F)O3)nc1-c1cccc(C(=O)O)c1. The Morgan fingerprint density at radius 3 is 2.55 bits per heavy atom. The fourth-order valence-electron chi connectivity index (χ4n) is 3.70. The second-order valence-corrected chi connectivity index (χ2v) is 7.97. The van der Waals surface area contributed by atoms with Crippen LogP contribution in [0, 0.1) is 12.8 Å². The summed E-state index contributed by atoms with van der Waals surface area (Å²) in [7, 11) is 0. The number of carboxylic acid groups (broad SMARTS) is 1. The number of amides is 1. The lowest BCUT2D eigenvalue weighted by molar-refractivity contribution is -0.286. The normalized spacial score (nSPS) is 15.8. The van der Waals surface area contributed by atoms with Crippen LogP contribution >= 0.6 is 0 Å². The van der Waals surface area contributed by atoms with E-state index in [0.717, 1.165) is 18.4 Å². The minimum Gasteiger partial charge on any atom is -0.478 e. The van der Waals surface area contributed by atoms with E-state index >= 15 is 0 Å². The second kappa shape index (κ2) is 7.54. The van der Waals surface area contributed by atoms with E-state index in [1.807, 2.05) is 6.92 Å². The Morgan fingerprint density at radius 1 is 1.06 bits per heavy atom. The van der Waals surface area contributed by atoms with Gasteiger partial charge < -0.3 is 14.6 Å². The molecule has 0 radical (unpaired) electrons. The molecule has 7 nitrogen and oxygen atoms in total. The molecule has 2 aromatic carbocycles. The number of hydrogen-bond donors (Lipinski definition) is 1. The highest BCUT2D eigenvalue weighted by Gasteiger charge is 2.44. The maximum Gasteiger partial charge on any atom is 0.586 e. The molecule has 0 saturated heterocycles. The Kier molecular flexibility index (Phi) is 4.77. The van der Waals surface area contributed by atoms with Gasteiger partial charge in [0.2, 0.25) is 5.91 Å². The standard InChI is InChI=1S/C24H18F2N2O5/c1-13-5-10-20(27-21(13)15-3-2-4-16(11-15)23(30)31)28(22(29)14-6-7-14)17-8-9-18-19(12-17)33-24(25,26)32-18/h2-5,8-12,14H,6-7H2,1H3,(H,30,31). The number of hydrogen-bond acceptors (Lipinski definition) is 5. The largest absolute Gasteiger partial charge is 0.586 e. The van der Waals surface area contributed by atoms with Crippen molar-refractivity contribution in [3.63, 3.8) is 0 Å². The van der Waals surface area contributed by atoms with Crippen LogP contribution in [-0.4, -0.2) is 28.3 Å². The Bertz CT molecular complexity index is 1290. The number of nitrogens with zero attached hydrogens (tertiary/aromatic N) is 2. The molecule has 1 aliphatic carbocycles. The molecule has 1 amide bonds. The summed E-state index contributed by atoms with van der Waals surface area (Å²) in [5, 5.41) is 9.32. The summed E-state index contributed by atoms with van der Waals surface area (Å²) >= 11 is 0. The van der Waals surface area contributed by atoms with Gasteiger partial charge in [-0.25, -0.2) is 9.78 Å². The summed E-state index contributed by atoms with van der Waals surface area (Å²) in [5.41, 5.74) is 2.30. The lowest BCUT2D eigenvalue weighted by atomic mass is 10.0. The molecule has 3 aromatic rings. The monoisotopic (exact) mass is 452 g/mol. The van der Waals surface area contributed by atoms with Crippen LogP contribution in [0.3, 0.4) is 0 Å². The number of rotatable bonds is 5. The van der Waals surface area contributed by atoms with Crippen molar-refractivity contribution in [3.05, 3.63) is 65.7 Å². The molecule has 2 heterocycles.